The maximum absolute atomic E-state index is 13.5. The van der Waals surface area contributed by atoms with Crippen LogP contribution in [0.3, 0.4) is 0 Å². The van der Waals surface area contributed by atoms with E-state index in [-0.39, 0.29) is 5.41 Å². The van der Waals surface area contributed by atoms with E-state index >= 15 is 0 Å². The molecule has 1 spiro atoms. The summed E-state index contributed by atoms with van der Waals surface area (Å²) < 4.78 is 0. The zero-order chi connectivity index (χ0) is 20.7. The number of amides is 1. The highest BCUT2D eigenvalue weighted by atomic mass is 16.2. The van der Waals surface area contributed by atoms with Crippen LogP contribution in [0.5, 0.6) is 0 Å². The first-order valence-electron chi connectivity index (χ1n) is 12.4. The molecule has 4 aliphatic rings. The van der Waals surface area contributed by atoms with Crippen LogP contribution in [0.1, 0.15) is 76.8 Å². The second-order valence-electron chi connectivity index (χ2n) is 10.3. The van der Waals surface area contributed by atoms with Crippen LogP contribution in [0.15, 0.2) is 12.1 Å². The number of aryl methyl sites for hydroxylation is 1. The smallest absolute Gasteiger partial charge is 0.233 e. The second-order valence-corrected chi connectivity index (χ2v) is 10.3. The first kappa shape index (κ1) is 20.3. The van der Waals surface area contributed by atoms with Crippen molar-refractivity contribution >= 4 is 17.4 Å². The van der Waals surface area contributed by atoms with E-state index in [1.54, 1.807) is 0 Å². The maximum atomic E-state index is 13.5. The van der Waals surface area contributed by atoms with Gasteiger partial charge in [-0.2, -0.15) is 0 Å². The minimum Gasteiger partial charge on any atom is -0.355 e. The molecule has 1 aromatic heterocycles. The Kier molecular flexibility index (Phi) is 5.51. The number of carbonyl (C=O) groups is 1. The monoisotopic (exact) mass is 410 g/mol. The Balaban J connectivity index is 1.31. The van der Waals surface area contributed by atoms with Crippen LogP contribution in [0.2, 0.25) is 0 Å². The average molecular weight is 411 g/mol. The SMILES string of the molecule is Cc1nc(N2CC[C@@H](N3CCC[C@@H]3C)C2)ccc1N1CCCC2(CCCCC2)C1=O. The van der Waals surface area contributed by atoms with Gasteiger partial charge in [0.05, 0.1) is 11.4 Å². The Bertz CT molecular complexity index is 782. The summed E-state index contributed by atoms with van der Waals surface area (Å²) in [4.78, 5) is 25.7. The number of piperidine rings is 1. The highest BCUT2D eigenvalue weighted by Crippen LogP contribution is 2.45. The summed E-state index contributed by atoms with van der Waals surface area (Å²) in [6.07, 6.45) is 12.0. The van der Waals surface area contributed by atoms with Crippen molar-refractivity contribution in [3.8, 4) is 0 Å². The molecule has 5 nitrogen and oxygen atoms in total. The fraction of sp³-hybridized carbons (Fsp3) is 0.760. The first-order chi connectivity index (χ1) is 14.6. The lowest BCUT2D eigenvalue weighted by atomic mass is 9.68. The van der Waals surface area contributed by atoms with Crippen LogP contribution >= 0.6 is 0 Å². The second kappa shape index (κ2) is 8.14. The molecule has 0 radical (unpaired) electrons. The van der Waals surface area contributed by atoms with E-state index in [1.807, 2.05) is 0 Å². The topological polar surface area (TPSA) is 39.7 Å². The van der Waals surface area contributed by atoms with E-state index < -0.39 is 0 Å². The molecule has 30 heavy (non-hydrogen) atoms. The fourth-order valence-corrected chi connectivity index (χ4v) is 6.71. The van der Waals surface area contributed by atoms with E-state index in [2.05, 4.69) is 40.7 Å². The van der Waals surface area contributed by atoms with Gasteiger partial charge in [0.2, 0.25) is 5.91 Å². The van der Waals surface area contributed by atoms with Crippen molar-refractivity contribution in [2.24, 2.45) is 5.41 Å². The molecule has 0 N–H and O–H groups in total. The van der Waals surface area contributed by atoms with Crippen LogP contribution in [0.4, 0.5) is 11.5 Å². The fourth-order valence-electron chi connectivity index (χ4n) is 6.71. The number of hydrogen-bond donors (Lipinski definition) is 0. The molecule has 1 aliphatic carbocycles. The number of hydrogen-bond acceptors (Lipinski definition) is 4. The molecule has 0 unspecified atom stereocenters. The lowest BCUT2D eigenvalue weighted by molar-refractivity contribution is -0.132. The molecule has 5 rings (SSSR count). The lowest BCUT2D eigenvalue weighted by Gasteiger charge is -2.44. The molecule has 164 valence electrons. The van der Waals surface area contributed by atoms with E-state index in [4.69, 9.17) is 4.98 Å². The van der Waals surface area contributed by atoms with E-state index in [9.17, 15) is 4.79 Å². The highest BCUT2D eigenvalue weighted by molar-refractivity contribution is 5.99. The number of carbonyl (C=O) groups excluding carboxylic acids is 1. The summed E-state index contributed by atoms with van der Waals surface area (Å²) in [6.45, 7) is 8.74. The molecule has 2 atom stereocenters. The third-order valence-electron chi connectivity index (χ3n) is 8.44. The van der Waals surface area contributed by atoms with Crippen LogP contribution in [0.25, 0.3) is 0 Å². The third-order valence-corrected chi connectivity index (χ3v) is 8.44. The molecule has 3 saturated heterocycles. The lowest BCUT2D eigenvalue weighted by Crippen LogP contribution is -2.50. The molecular formula is C25H38N4O. The van der Waals surface area contributed by atoms with Gasteiger partial charge in [-0.15, -0.1) is 0 Å². The Labute approximate surface area is 181 Å². The van der Waals surface area contributed by atoms with Gasteiger partial charge < -0.3 is 9.80 Å². The molecule has 4 heterocycles. The minimum atomic E-state index is -0.0871. The molecule has 5 heteroatoms. The number of likely N-dealkylation sites (tertiary alicyclic amines) is 1. The highest BCUT2D eigenvalue weighted by Gasteiger charge is 2.45. The van der Waals surface area contributed by atoms with Crippen molar-refractivity contribution in [2.45, 2.75) is 90.1 Å². The van der Waals surface area contributed by atoms with Crippen molar-refractivity contribution in [1.29, 1.82) is 0 Å². The van der Waals surface area contributed by atoms with Crippen LogP contribution in [0, 0.1) is 12.3 Å². The van der Waals surface area contributed by atoms with Crippen molar-refractivity contribution in [1.82, 2.24) is 9.88 Å². The van der Waals surface area contributed by atoms with Gasteiger partial charge >= 0.3 is 0 Å². The quantitative estimate of drug-likeness (QED) is 0.734. The van der Waals surface area contributed by atoms with Crippen LogP contribution in [-0.4, -0.2) is 54.1 Å². The summed E-state index contributed by atoms with van der Waals surface area (Å²) in [7, 11) is 0. The van der Waals surface area contributed by atoms with Crippen molar-refractivity contribution in [3.63, 3.8) is 0 Å². The van der Waals surface area contributed by atoms with E-state index in [0.717, 1.165) is 68.6 Å². The number of nitrogens with zero attached hydrogens (tertiary/aromatic N) is 4. The number of pyridine rings is 1. The van der Waals surface area contributed by atoms with Gasteiger partial charge in [-0.1, -0.05) is 19.3 Å². The largest absolute Gasteiger partial charge is 0.355 e. The van der Waals surface area contributed by atoms with Gasteiger partial charge in [-0.05, 0) is 77.5 Å². The van der Waals surface area contributed by atoms with Crippen molar-refractivity contribution in [2.75, 3.05) is 36.0 Å². The predicted molar refractivity (Wildman–Crippen MR) is 122 cm³/mol. The summed E-state index contributed by atoms with van der Waals surface area (Å²) in [6, 6.07) is 5.72. The zero-order valence-corrected chi connectivity index (χ0v) is 18.9. The van der Waals surface area contributed by atoms with E-state index in [1.165, 1.54) is 45.1 Å². The molecule has 0 bridgehead atoms. The van der Waals surface area contributed by atoms with Crippen LogP contribution < -0.4 is 9.80 Å². The van der Waals surface area contributed by atoms with Crippen molar-refractivity contribution < 1.29 is 4.79 Å². The van der Waals surface area contributed by atoms with Gasteiger partial charge in [-0.25, -0.2) is 4.98 Å². The third kappa shape index (κ3) is 3.53. The molecule has 1 amide bonds. The van der Waals surface area contributed by atoms with E-state index in [0.29, 0.717) is 11.9 Å². The van der Waals surface area contributed by atoms with Crippen molar-refractivity contribution in [3.05, 3.63) is 17.8 Å². The van der Waals surface area contributed by atoms with Gasteiger partial charge in [0.25, 0.3) is 0 Å². The Morgan fingerprint density at radius 1 is 0.967 bits per heavy atom. The Hall–Kier alpha value is -1.62. The first-order valence-corrected chi connectivity index (χ1v) is 12.4. The summed E-state index contributed by atoms with van der Waals surface area (Å²) in [5, 5.41) is 0. The average Bonchev–Trinajstić information content (AvgIpc) is 3.40. The molecule has 3 aliphatic heterocycles. The molecule has 1 aromatic rings. The standard InChI is InChI=1S/C25H38N4O/c1-19-8-6-15-28(19)21-11-17-27(18-21)23-10-9-22(20(2)26-23)29-16-7-14-25(24(29)30)12-4-3-5-13-25/h9-10,19,21H,3-8,11-18H2,1-2H3/t19-,21+/m0/s1. The Morgan fingerprint density at radius 3 is 2.50 bits per heavy atom. The normalized spacial score (nSPS) is 29.9. The molecule has 4 fully saturated rings. The Morgan fingerprint density at radius 2 is 1.77 bits per heavy atom. The minimum absolute atomic E-state index is 0.0871. The molecule has 1 saturated carbocycles. The number of rotatable bonds is 3. The summed E-state index contributed by atoms with van der Waals surface area (Å²) >= 11 is 0. The number of anilines is 2. The molecular weight excluding hydrogens is 372 g/mol. The zero-order valence-electron chi connectivity index (χ0n) is 18.9. The number of aromatic nitrogens is 1. The summed E-state index contributed by atoms with van der Waals surface area (Å²) in [5.41, 5.74) is 1.96. The van der Waals surface area contributed by atoms with Gasteiger partial charge in [0.15, 0.2) is 0 Å². The summed E-state index contributed by atoms with van der Waals surface area (Å²) in [5.74, 6) is 1.46. The van der Waals surface area contributed by atoms with Crippen LogP contribution in [-0.2, 0) is 4.79 Å². The van der Waals surface area contributed by atoms with Gasteiger partial charge in [0, 0.05) is 37.1 Å². The van der Waals surface area contributed by atoms with Gasteiger partial charge in [-0.3, -0.25) is 9.69 Å². The van der Waals surface area contributed by atoms with Gasteiger partial charge in [0.1, 0.15) is 5.82 Å². The predicted octanol–water partition coefficient (Wildman–Crippen LogP) is 4.53. The maximum Gasteiger partial charge on any atom is 0.233 e. The molecule has 0 aromatic carbocycles.